The first-order valence-electron chi connectivity index (χ1n) is 5.56. The molecule has 1 aromatic rings. The van der Waals surface area contributed by atoms with Gasteiger partial charge < -0.3 is 25.7 Å². The molecule has 0 fully saturated rings. The Morgan fingerprint density at radius 3 is 2.33 bits per heavy atom. The summed E-state index contributed by atoms with van der Waals surface area (Å²) in [5.41, 5.74) is -1.22. The van der Waals surface area contributed by atoms with Crippen molar-refractivity contribution in [2.24, 2.45) is 0 Å². The van der Waals surface area contributed by atoms with Crippen LogP contribution < -0.4 is 15.5 Å². The largest absolute Gasteiger partial charge is 0.393 e. The van der Waals surface area contributed by atoms with Crippen LogP contribution in [0.15, 0.2) is 0 Å². The third-order valence-corrected chi connectivity index (χ3v) is 2.22. The average Bonchev–Trinajstić information content (AvgIpc) is 2.36. The second-order valence-electron chi connectivity index (χ2n) is 4.44. The molecule has 1 rings (SSSR count). The number of aliphatic hydroxyl groups is 2. The number of aromatic nitrogens is 3. The Labute approximate surface area is 106 Å². The van der Waals surface area contributed by atoms with Crippen molar-refractivity contribution in [3.63, 3.8) is 0 Å². The molecular formula is C10H20N6O2. The van der Waals surface area contributed by atoms with E-state index in [-0.39, 0.29) is 13.2 Å². The average molecular weight is 256 g/mol. The summed E-state index contributed by atoms with van der Waals surface area (Å²) in [6.07, 6.45) is 0. The van der Waals surface area contributed by atoms with Crippen LogP contribution in [0, 0.1) is 0 Å². The van der Waals surface area contributed by atoms with Crippen LogP contribution in [0.1, 0.15) is 6.92 Å². The molecule has 1 unspecified atom stereocenters. The third-order valence-electron chi connectivity index (χ3n) is 2.22. The highest BCUT2D eigenvalue weighted by Gasteiger charge is 2.19. The molecule has 0 spiro atoms. The highest BCUT2D eigenvalue weighted by molar-refractivity contribution is 5.42. The van der Waals surface area contributed by atoms with E-state index < -0.39 is 5.60 Å². The first kappa shape index (κ1) is 14.4. The van der Waals surface area contributed by atoms with Crippen LogP contribution in [0.5, 0.6) is 0 Å². The molecule has 0 aromatic carbocycles. The lowest BCUT2D eigenvalue weighted by molar-refractivity contribution is 0.0131. The van der Waals surface area contributed by atoms with E-state index in [1.807, 2.05) is 14.1 Å². The van der Waals surface area contributed by atoms with Gasteiger partial charge in [-0.25, -0.2) is 0 Å². The lowest BCUT2D eigenvalue weighted by Crippen LogP contribution is -2.37. The molecule has 102 valence electrons. The molecule has 1 atom stereocenters. The summed E-state index contributed by atoms with van der Waals surface area (Å²) in [4.78, 5) is 14.2. The molecule has 0 bridgehead atoms. The number of hydrogen-bond acceptors (Lipinski definition) is 8. The number of nitrogens with one attached hydrogen (secondary N) is 2. The van der Waals surface area contributed by atoms with Gasteiger partial charge in [0.05, 0.1) is 6.61 Å². The number of nitrogens with zero attached hydrogens (tertiary/aromatic N) is 4. The Kier molecular flexibility index (Phi) is 4.62. The summed E-state index contributed by atoms with van der Waals surface area (Å²) in [6.45, 7) is 1.32. The summed E-state index contributed by atoms with van der Waals surface area (Å²) >= 11 is 0. The fourth-order valence-corrected chi connectivity index (χ4v) is 1.08. The van der Waals surface area contributed by atoms with Gasteiger partial charge in [-0.3, -0.25) is 0 Å². The molecule has 0 saturated carbocycles. The Bertz CT molecular complexity index is 396. The molecule has 0 saturated heterocycles. The van der Waals surface area contributed by atoms with Gasteiger partial charge >= 0.3 is 0 Å². The molecule has 8 heteroatoms. The first-order chi connectivity index (χ1) is 8.38. The highest BCUT2D eigenvalue weighted by atomic mass is 16.3. The predicted octanol–water partition coefficient (Wildman–Crippen LogP) is -0.866. The molecule has 1 heterocycles. The van der Waals surface area contributed by atoms with Crippen molar-refractivity contribution in [3.8, 4) is 0 Å². The summed E-state index contributed by atoms with van der Waals surface area (Å²) in [5.74, 6) is 1.27. The lowest BCUT2D eigenvalue weighted by Gasteiger charge is -2.21. The molecule has 18 heavy (non-hydrogen) atoms. The van der Waals surface area contributed by atoms with E-state index >= 15 is 0 Å². The Morgan fingerprint density at radius 1 is 1.22 bits per heavy atom. The van der Waals surface area contributed by atoms with Crippen LogP contribution >= 0.6 is 0 Å². The summed E-state index contributed by atoms with van der Waals surface area (Å²) in [5, 5.41) is 24.3. The SMILES string of the molecule is CNc1nc(NCC(C)(O)CO)nc(N(C)C)n1. The second-order valence-corrected chi connectivity index (χ2v) is 4.44. The van der Waals surface area contributed by atoms with E-state index in [4.69, 9.17) is 5.11 Å². The third kappa shape index (κ3) is 3.97. The van der Waals surface area contributed by atoms with E-state index in [1.54, 1.807) is 11.9 Å². The van der Waals surface area contributed by atoms with Crippen LogP contribution in [-0.2, 0) is 0 Å². The van der Waals surface area contributed by atoms with Gasteiger partial charge in [0.15, 0.2) is 0 Å². The van der Waals surface area contributed by atoms with Gasteiger partial charge in [0.25, 0.3) is 0 Å². The molecule has 0 aliphatic heterocycles. The van der Waals surface area contributed by atoms with Gasteiger partial charge in [-0.2, -0.15) is 15.0 Å². The monoisotopic (exact) mass is 256 g/mol. The van der Waals surface area contributed by atoms with Crippen molar-refractivity contribution < 1.29 is 10.2 Å². The Hall–Kier alpha value is -1.67. The van der Waals surface area contributed by atoms with E-state index in [1.165, 1.54) is 6.92 Å². The molecule has 0 aliphatic carbocycles. The fraction of sp³-hybridized carbons (Fsp3) is 0.700. The normalized spacial score (nSPS) is 13.9. The van der Waals surface area contributed by atoms with E-state index in [2.05, 4.69) is 25.6 Å². The number of anilines is 3. The number of rotatable bonds is 6. The minimum atomic E-state index is -1.22. The zero-order valence-corrected chi connectivity index (χ0v) is 11.1. The smallest absolute Gasteiger partial charge is 0.231 e. The zero-order valence-electron chi connectivity index (χ0n) is 11.1. The Balaban J connectivity index is 2.85. The van der Waals surface area contributed by atoms with Crippen LogP contribution in [0.2, 0.25) is 0 Å². The van der Waals surface area contributed by atoms with Gasteiger partial charge in [0.2, 0.25) is 17.8 Å². The maximum Gasteiger partial charge on any atom is 0.231 e. The van der Waals surface area contributed by atoms with Crippen LogP contribution in [0.25, 0.3) is 0 Å². The van der Waals surface area contributed by atoms with Crippen molar-refractivity contribution in [1.29, 1.82) is 0 Å². The summed E-state index contributed by atoms with van der Waals surface area (Å²) in [7, 11) is 5.35. The number of aliphatic hydroxyl groups excluding tert-OH is 1. The van der Waals surface area contributed by atoms with Gasteiger partial charge in [0, 0.05) is 27.7 Å². The molecule has 0 radical (unpaired) electrons. The van der Waals surface area contributed by atoms with Crippen LogP contribution in [0.3, 0.4) is 0 Å². The molecule has 4 N–H and O–H groups in total. The van der Waals surface area contributed by atoms with Crippen LogP contribution in [0.4, 0.5) is 17.8 Å². The fourth-order valence-electron chi connectivity index (χ4n) is 1.08. The van der Waals surface area contributed by atoms with Gasteiger partial charge in [-0.15, -0.1) is 0 Å². The van der Waals surface area contributed by atoms with Gasteiger partial charge in [-0.05, 0) is 6.92 Å². The van der Waals surface area contributed by atoms with E-state index in [0.29, 0.717) is 17.8 Å². The molecule has 8 nitrogen and oxygen atoms in total. The van der Waals surface area contributed by atoms with Crippen molar-refractivity contribution in [2.75, 3.05) is 49.8 Å². The number of hydrogen-bond donors (Lipinski definition) is 4. The van der Waals surface area contributed by atoms with E-state index in [0.717, 1.165) is 0 Å². The molecule has 1 aromatic heterocycles. The maximum absolute atomic E-state index is 9.68. The first-order valence-corrected chi connectivity index (χ1v) is 5.56. The predicted molar refractivity (Wildman–Crippen MR) is 69.9 cm³/mol. The maximum atomic E-state index is 9.68. The lowest BCUT2D eigenvalue weighted by atomic mass is 10.1. The van der Waals surface area contributed by atoms with Crippen molar-refractivity contribution in [2.45, 2.75) is 12.5 Å². The van der Waals surface area contributed by atoms with E-state index in [9.17, 15) is 5.11 Å². The van der Waals surface area contributed by atoms with Gasteiger partial charge in [0.1, 0.15) is 5.60 Å². The van der Waals surface area contributed by atoms with Crippen molar-refractivity contribution in [1.82, 2.24) is 15.0 Å². The van der Waals surface area contributed by atoms with Crippen molar-refractivity contribution in [3.05, 3.63) is 0 Å². The summed E-state index contributed by atoms with van der Waals surface area (Å²) in [6, 6.07) is 0. The molecule has 0 amide bonds. The van der Waals surface area contributed by atoms with Gasteiger partial charge in [-0.1, -0.05) is 0 Å². The quantitative estimate of drug-likeness (QED) is 0.520. The molecule has 0 aliphatic rings. The second kappa shape index (κ2) is 5.78. The minimum absolute atomic E-state index is 0.142. The molecular weight excluding hydrogens is 236 g/mol. The summed E-state index contributed by atoms with van der Waals surface area (Å²) < 4.78 is 0. The zero-order chi connectivity index (χ0) is 13.8. The Morgan fingerprint density at radius 2 is 1.83 bits per heavy atom. The van der Waals surface area contributed by atoms with Crippen LogP contribution in [-0.4, -0.2) is 65.1 Å². The highest BCUT2D eigenvalue weighted by Crippen LogP contribution is 2.12. The standard InChI is InChI=1S/C10H20N6O2/c1-10(18,6-17)5-12-8-13-7(11-2)14-9(15-8)16(3)4/h17-18H,5-6H2,1-4H3,(H2,11,12,13,14,15). The van der Waals surface area contributed by atoms with Crippen molar-refractivity contribution >= 4 is 17.8 Å². The minimum Gasteiger partial charge on any atom is -0.393 e. The topological polar surface area (TPSA) is 106 Å².